The van der Waals surface area contributed by atoms with Crippen molar-refractivity contribution in [3.05, 3.63) is 53.6 Å². The second-order valence-corrected chi connectivity index (χ2v) is 11.6. The molecule has 0 radical (unpaired) electrons. The molecule has 7 heteroatoms. The van der Waals surface area contributed by atoms with Crippen LogP contribution in [-0.2, 0) is 26.7 Å². The number of hydrogen-bond acceptors (Lipinski definition) is 5. The summed E-state index contributed by atoms with van der Waals surface area (Å²) in [4.78, 5) is 14.9. The maximum atomic E-state index is 12.9. The number of hydrogen-bond donors (Lipinski definition) is 1. The fraction of sp³-hybridized carbons (Fsp3) is 0.519. The molecule has 1 saturated carbocycles. The monoisotopic (exact) mass is 482 g/mol. The normalized spacial score (nSPS) is 28.9. The summed E-state index contributed by atoms with van der Waals surface area (Å²) in [6, 6.07) is 13.7. The molecule has 4 aliphatic rings. The molecule has 2 aliphatic carbocycles. The molecule has 6 rings (SSSR count). The number of carbonyl (C=O) groups is 1. The molecule has 6 nitrogen and oxygen atoms in total. The highest BCUT2D eigenvalue weighted by Crippen LogP contribution is 2.46. The molecule has 0 aromatic heterocycles. The number of nitrogens with one attached hydrogen (secondary N) is 1. The average Bonchev–Trinajstić information content (AvgIpc) is 2.98. The second-order valence-electron chi connectivity index (χ2n) is 9.92. The molecule has 2 heterocycles. The number of benzene rings is 2. The first-order valence-electron chi connectivity index (χ1n) is 12.6. The lowest BCUT2D eigenvalue weighted by molar-refractivity contribution is -0.121. The summed E-state index contributed by atoms with van der Waals surface area (Å²) >= 11 is 0. The van der Waals surface area contributed by atoms with Crippen molar-refractivity contribution in [3.8, 4) is 5.75 Å². The predicted molar refractivity (Wildman–Crippen MR) is 133 cm³/mol. The van der Waals surface area contributed by atoms with Crippen molar-refractivity contribution in [1.82, 2.24) is 4.72 Å². The van der Waals surface area contributed by atoms with Gasteiger partial charge in [0.15, 0.2) is 0 Å². The Morgan fingerprint density at radius 1 is 1.09 bits per heavy atom. The number of fused-ring (bicyclic) bond motifs is 4. The molecule has 0 saturated heterocycles. The number of aryl methyl sites for hydroxylation is 1. The summed E-state index contributed by atoms with van der Waals surface area (Å²) < 4.78 is 34.5. The van der Waals surface area contributed by atoms with E-state index < -0.39 is 15.9 Å². The van der Waals surface area contributed by atoms with E-state index in [2.05, 4.69) is 33.9 Å². The second kappa shape index (κ2) is 8.91. The van der Waals surface area contributed by atoms with Gasteiger partial charge in [-0.1, -0.05) is 38.1 Å². The van der Waals surface area contributed by atoms with Gasteiger partial charge in [0.2, 0.25) is 5.91 Å². The van der Waals surface area contributed by atoms with Crippen LogP contribution >= 0.6 is 0 Å². The number of carbonyl (C=O) groups excluding carboxylic acids is 1. The van der Waals surface area contributed by atoms with E-state index in [1.165, 1.54) is 11.1 Å². The predicted octanol–water partition coefficient (Wildman–Crippen LogP) is 4.42. The lowest BCUT2D eigenvalue weighted by Crippen LogP contribution is -2.48. The van der Waals surface area contributed by atoms with Gasteiger partial charge in [-0.25, -0.2) is 13.1 Å². The zero-order valence-electron chi connectivity index (χ0n) is 20.0. The Labute approximate surface area is 202 Å². The largest absolute Gasteiger partial charge is 0.490 e. The van der Waals surface area contributed by atoms with Gasteiger partial charge in [0.1, 0.15) is 5.75 Å². The number of rotatable bonds is 0. The van der Waals surface area contributed by atoms with Gasteiger partial charge in [0.05, 0.1) is 17.2 Å². The molecule has 2 aromatic rings. The first-order chi connectivity index (χ1) is 16.4. The molecule has 2 bridgehead atoms. The number of sulfonamides is 1. The lowest BCUT2D eigenvalue weighted by Gasteiger charge is -2.44. The third-order valence-corrected chi connectivity index (χ3v) is 9.37. The summed E-state index contributed by atoms with van der Waals surface area (Å²) in [7, 11) is -3.90. The zero-order valence-corrected chi connectivity index (χ0v) is 20.9. The molecule has 1 N–H and O–H groups in total. The topological polar surface area (TPSA) is 75.7 Å². The van der Waals surface area contributed by atoms with E-state index in [0.29, 0.717) is 12.5 Å². The minimum atomic E-state index is -3.90. The van der Waals surface area contributed by atoms with Crippen LogP contribution in [0.1, 0.15) is 57.1 Å². The van der Waals surface area contributed by atoms with Crippen molar-refractivity contribution >= 4 is 21.6 Å². The Kier molecular flexibility index (Phi) is 6.09. The molecule has 3 unspecified atom stereocenters. The number of anilines is 1. The van der Waals surface area contributed by atoms with Crippen LogP contribution in [0, 0.1) is 11.8 Å². The summed E-state index contributed by atoms with van der Waals surface area (Å²) in [5, 5.41) is 0. The van der Waals surface area contributed by atoms with Crippen molar-refractivity contribution in [2.24, 2.45) is 11.8 Å². The summed E-state index contributed by atoms with van der Waals surface area (Å²) in [6.07, 6.45) is 5.57. The molecule has 3 atom stereocenters. The molecule has 1 fully saturated rings. The molecule has 2 aliphatic heterocycles. The Bertz CT molecular complexity index is 1190. The third kappa shape index (κ3) is 3.98. The zero-order chi connectivity index (χ0) is 23.9. The molecule has 2 aromatic carbocycles. The minimum Gasteiger partial charge on any atom is -0.490 e. The van der Waals surface area contributed by atoms with E-state index in [9.17, 15) is 13.2 Å². The van der Waals surface area contributed by atoms with Crippen LogP contribution in [0.15, 0.2) is 47.4 Å². The maximum absolute atomic E-state index is 12.9. The van der Waals surface area contributed by atoms with Gasteiger partial charge in [0, 0.05) is 24.9 Å². The summed E-state index contributed by atoms with van der Waals surface area (Å²) in [5.74, 6) is 0.932. The van der Waals surface area contributed by atoms with Crippen LogP contribution < -0.4 is 14.4 Å². The number of ether oxygens (including phenoxy) is 1. The van der Waals surface area contributed by atoms with Crippen LogP contribution in [0.5, 0.6) is 5.75 Å². The summed E-state index contributed by atoms with van der Waals surface area (Å²) in [5.41, 5.74) is 3.46. The molecule has 1 spiro atoms. The van der Waals surface area contributed by atoms with Crippen molar-refractivity contribution in [1.29, 1.82) is 0 Å². The third-order valence-electron chi connectivity index (χ3n) is 7.99. The van der Waals surface area contributed by atoms with Crippen LogP contribution in [0.25, 0.3) is 0 Å². The van der Waals surface area contributed by atoms with E-state index in [1.807, 2.05) is 13.8 Å². The van der Waals surface area contributed by atoms with Gasteiger partial charge < -0.3 is 9.64 Å². The quantitative estimate of drug-likeness (QED) is 0.602. The van der Waals surface area contributed by atoms with Crippen molar-refractivity contribution in [2.75, 3.05) is 24.6 Å². The van der Waals surface area contributed by atoms with Crippen LogP contribution in [0.4, 0.5) is 5.69 Å². The van der Waals surface area contributed by atoms with Gasteiger partial charge in [-0.3, -0.25) is 4.79 Å². The molecule has 1 amide bonds. The number of nitrogens with zero attached hydrogens (tertiary/aromatic N) is 1. The average molecular weight is 483 g/mol. The molecular formula is C27H34N2O4S. The molecular weight excluding hydrogens is 448 g/mol. The van der Waals surface area contributed by atoms with Gasteiger partial charge >= 0.3 is 0 Å². The van der Waals surface area contributed by atoms with Crippen molar-refractivity contribution in [2.45, 2.75) is 62.7 Å². The first-order valence-corrected chi connectivity index (χ1v) is 14.1. The van der Waals surface area contributed by atoms with Gasteiger partial charge in [-0.2, -0.15) is 0 Å². The highest BCUT2D eigenvalue weighted by atomic mass is 32.2. The van der Waals surface area contributed by atoms with E-state index >= 15 is 0 Å². The Morgan fingerprint density at radius 2 is 1.88 bits per heavy atom. The van der Waals surface area contributed by atoms with E-state index in [1.54, 1.807) is 18.2 Å². The SMILES string of the molecule is CC.O=C1CC2CCC2CN2CC3(CCCc4ccccc43)COc3ccc(cc32)S(=O)(=O)N1. The van der Waals surface area contributed by atoms with Crippen molar-refractivity contribution in [3.63, 3.8) is 0 Å². The lowest BCUT2D eigenvalue weighted by atomic mass is 9.69. The smallest absolute Gasteiger partial charge is 0.264 e. The van der Waals surface area contributed by atoms with Gasteiger partial charge in [-0.15, -0.1) is 0 Å². The fourth-order valence-corrected chi connectivity index (χ4v) is 7.16. The highest BCUT2D eigenvalue weighted by Gasteiger charge is 2.44. The van der Waals surface area contributed by atoms with Crippen LogP contribution in [0.3, 0.4) is 0 Å². The fourth-order valence-electron chi connectivity index (χ4n) is 6.15. The van der Waals surface area contributed by atoms with E-state index in [0.717, 1.165) is 56.6 Å². The Balaban J connectivity index is 0.00000117. The van der Waals surface area contributed by atoms with Gasteiger partial charge in [0.25, 0.3) is 10.0 Å². The van der Waals surface area contributed by atoms with Crippen LogP contribution in [0.2, 0.25) is 0 Å². The number of amides is 1. The summed E-state index contributed by atoms with van der Waals surface area (Å²) in [6.45, 7) is 6.21. The highest BCUT2D eigenvalue weighted by molar-refractivity contribution is 7.90. The molecule has 182 valence electrons. The Hall–Kier alpha value is -2.54. The Morgan fingerprint density at radius 3 is 2.68 bits per heavy atom. The molecule has 34 heavy (non-hydrogen) atoms. The van der Waals surface area contributed by atoms with Crippen molar-refractivity contribution < 1.29 is 17.9 Å². The van der Waals surface area contributed by atoms with Gasteiger partial charge in [-0.05, 0) is 73.3 Å². The van der Waals surface area contributed by atoms with Crippen LogP contribution in [-0.4, -0.2) is 34.0 Å². The minimum absolute atomic E-state index is 0.118. The van der Waals surface area contributed by atoms with E-state index in [4.69, 9.17) is 4.74 Å². The standard InChI is InChI=1S/C25H28N2O4S.C2H6/c28-24-12-18-7-8-19(18)14-27-15-25(11-3-5-17-4-1-2-6-21(17)25)16-31-23-10-9-20(13-22(23)27)32(29,30)26-24;1-2/h1-2,4,6,9-10,13,18-19H,3,5,7-8,11-12,14-16H2,(H,26,28);1-2H3. The van der Waals surface area contributed by atoms with E-state index in [-0.39, 0.29) is 22.6 Å². The first kappa shape index (κ1) is 23.2. The maximum Gasteiger partial charge on any atom is 0.264 e.